The maximum atomic E-state index is 5.18. The van der Waals surface area contributed by atoms with Crippen LogP contribution in [0.4, 0.5) is 0 Å². The Hall–Kier alpha value is -0.810. The third-order valence-electron chi connectivity index (χ3n) is 0.384. The summed E-state index contributed by atoms with van der Waals surface area (Å²) in [6.07, 6.45) is 6.00. The molecule has 0 radical (unpaired) electrons. The van der Waals surface area contributed by atoms with E-state index in [1.54, 1.807) is 6.92 Å². The van der Waals surface area contributed by atoms with Crippen molar-refractivity contribution in [1.82, 2.24) is 0 Å². The van der Waals surface area contributed by atoms with Gasteiger partial charge in [-0.3, -0.25) is 4.99 Å². The first-order valence-electron chi connectivity index (χ1n) is 2.00. The van der Waals surface area contributed by atoms with Crippen molar-refractivity contribution in [2.24, 2.45) is 10.7 Å². The summed E-state index contributed by atoms with van der Waals surface area (Å²) < 4.78 is 0. The first-order chi connectivity index (χ1) is 3.27. The molecular formula is C5H8N2. The Morgan fingerprint density at radius 3 is 2.71 bits per heavy atom. The zero-order chi connectivity index (χ0) is 5.70. The van der Waals surface area contributed by atoms with E-state index in [4.69, 9.17) is 12.2 Å². The van der Waals surface area contributed by atoms with E-state index >= 15 is 0 Å². The van der Waals surface area contributed by atoms with Crippen LogP contribution in [0.5, 0.6) is 0 Å². The number of nitrogens with zero attached hydrogens (tertiary/aromatic N) is 1. The molecule has 0 heterocycles. The van der Waals surface area contributed by atoms with Crippen molar-refractivity contribution in [3.05, 3.63) is 0 Å². The fraction of sp³-hybridized carbons (Fsp3) is 0.400. The summed E-state index contributed by atoms with van der Waals surface area (Å²) in [5.74, 6) is 2.23. The van der Waals surface area contributed by atoms with E-state index in [0.717, 1.165) is 0 Å². The van der Waals surface area contributed by atoms with Crippen LogP contribution in [0.1, 0.15) is 6.92 Å². The van der Waals surface area contributed by atoms with Gasteiger partial charge in [0.2, 0.25) is 0 Å². The van der Waals surface area contributed by atoms with Crippen molar-refractivity contribution < 1.29 is 0 Å². The minimum atomic E-state index is -0.170. The summed E-state index contributed by atoms with van der Waals surface area (Å²) in [7, 11) is 0. The molecule has 38 valence electrons. The Morgan fingerprint density at radius 2 is 2.57 bits per heavy atom. The lowest BCUT2D eigenvalue weighted by Gasteiger charge is -1.88. The second kappa shape index (κ2) is 3.38. The molecule has 0 saturated carbocycles. The first kappa shape index (κ1) is 6.19. The average Bonchev–Trinajstić information content (AvgIpc) is 1.61. The van der Waals surface area contributed by atoms with Gasteiger partial charge in [0, 0.05) is 0 Å². The lowest BCUT2D eigenvalue weighted by molar-refractivity contribution is 0.798. The normalized spacial score (nSPS) is 13.9. The van der Waals surface area contributed by atoms with Crippen molar-refractivity contribution in [2.75, 3.05) is 0 Å². The summed E-state index contributed by atoms with van der Waals surface area (Å²) in [5.41, 5.74) is 5.18. The number of rotatable bonds is 1. The molecule has 0 aromatic carbocycles. The van der Waals surface area contributed by atoms with Crippen LogP contribution in [0.2, 0.25) is 0 Å². The summed E-state index contributed by atoms with van der Waals surface area (Å²) in [5, 5.41) is 0. The Morgan fingerprint density at radius 1 is 2.00 bits per heavy atom. The molecular weight excluding hydrogens is 88.1 g/mol. The molecule has 0 aromatic rings. The highest BCUT2D eigenvalue weighted by molar-refractivity contribution is 5.77. The smallest absolute Gasteiger partial charge is 0.0948 e. The fourth-order valence-electron chi connectivity index (χ4n) is 0.161. The molecule has 0 aliphatic rings. The zero-order valence-corrected chi connectivity index (χ0v) is 4.26. The van der Waals surface area contributed by atoms with Crippen LogP contribution >= 0.6 is 0 Å². The van der Waals surface area contributed by atoms with E-state index in [0.29, 0.717) is 0 Å². The van der Waals surface area contributed by atoms with E-state index in [1.807, 2.05) is 0 Å². The van der Waals surface area contributed by atoms with Crippen molar-refractivity contribution in [3.8, 4) is 12.3 Å². The van der Waals surface area contributed by atoms with Gasteiger partial charge in [-0.05, 0) is 6.92 Å². The number of terminal acetylenes is 1. The van der Waals surface area contributed by atoms with E-state index in [1.165, 1.54) is 6.21 Å². The molecule has 1 atom stereocenters. The van der Waals surface area contributed by atoms with Gasteiger partial charge >= 0.3 is 0 Å². The van der Waals surface area contributed by atoms with Gasteiger partial charge in [-0.25, -0.2) is 0 Å². The van der Waals surface area contributed by atoms with Gasteiger partial charge < -0.3 is 5.73 Å². The molecule has 0 bridgehead atoms. The predicted octanol–water partition coefficient (Wildman–Crippen LogP) is -0.00490. The topological polar surface area (TPSA) is 38.4 Å². The van der Waals surface area contributed by atoms with Crippen LogP contribution in [0, 0.1) is 12.3 Å². The molecule has 2 nitrogen and oxygen atoms in total. The molecule has 2 heteroatoms. The lowest BCUT2D eigenvalue weighted by Crippen LogP contribution is -2.10. The molecule has 7 heavy (non-hydrogen) atoms. The van der Waals surface area contributed by atoms with E-state index < -0.39 is 0 Å². The molecule has 0 aliphatic carbocycles. The second-order valence-corrected chi connectivity index (χ2v) is 1.19. The van der Waals surface area contributed by atoms with Gasteiger partial charge in [0.05, 0.1) is 12.4 Å². The summed E-state index contributed by atoms with van der Waals surface area (Å²) in [6, 6.07) is 0. The molecule has 0 amide bonds. The molecule has 0 aliphatic heterocycles. The molecule has 1 unspecified atom stereocenters. The van der Waals surface area contributed by atoms with Crippen LogP contribution in [0.15, 0.2) is 4.99 Å². The van der Waals surface area contributed by atoms with Crippen molar-refractivity contribution >= 4 is 6.21 Å². The SMILES string of the molecule is C#CC=NC(C)N. The van der Waals surface area contributed by atoms with Crippen LogP contribution < -0.4 is 5.73 Å². The van der Waals surface area contributed by atoms with Crippen LogP contribution in [0.25, 0.3) is 0 Å². The highest BCUT2D eigenvalue weighted by Crippen LogP contribution is 1.70. The number of hydrogen-bond acceptors (Lipinski definition) is 2. The largest absolute Gasteiger partial charge is 0.310 e. The molecule has 2 N–H and O–H groups in total. The lowest BCUT2D eigenvalue weighted by atomic mass is 10.6. The van der Waals surface area contributed by atoms with Gasteiger partial charge in [0.1, 0.15) is 0 Å². The van der Waals surface area contributed by atoms with Crippen LogP contribution in [-0.4, -0.2) is 12.4 Å². The van der Waals surface area contributed by atoms with Gasteiger partial charge in [0.15, 0.2) is 0 Å². The standard InChI is InChI=1S/C5H8N2/c1-3-4-7-5(2)6/h1,4-5H,6H2,2H3. The van der Waals surface area contributed by atoms with Gasteiger partial charge in [-0.15, -0.1) is 6.42 Å². The first-order valence-corrected chi connectivity index (χ1v) is 2.00. The average molecular weight is 96.1 g/mol. The maximum absolute atomic E-state index is 5.18. The Balaban J connectivity index is 3.31. The van der Waals surface area contributed by atoms with Crippen LogP contribution in [-0.2, 0) is 0 Å². The predicted molar refractivity (Wildman–Crippen MR) is 31.0 cm³/mol. The van der Waals surface area contributed by atoms with Crippen LogP contribution in [0.3, 0.4) is 0 Å². The minimum Gasteiger partial charge on any atom is -0.310 e. The number of hydrogen-bond donors (Lipinski definition) is 1. The van der Waals surface area contributed by atoms with E-state index in [-0.39, 0.29) is 6.17 Å². The number of nitrogens with two attached hydrogens (primary N) is 1. The molecule has 0 aromatic heterocycles. The molecule has 0 fully saturated rings. The highest BCUT2D eigenvalue weighted by Gasteiger charge is 1.77. The van der Waals surface area contributed by atoms with Gasteiger partial charge in [-0.2, -0.15) is 0 Å². The molecule has 0 spiro atoms. The quantitative estimate of drug-likeness (QED) is 0.362. The Labute approximate surface area is 43.4 Å². The van der Waals surface area contributed by atoms with Crippen molar-refractivity contribution in [2.45, 2.75) is 13.1 Å². The number of aliphatic imine (C=N–C) groups is 1. The van der Waals surface area contributed by atoms with Crippen molar-refractivity contribution in [1.29, 1.82) is 0 Å². The fourth-order valence-corrected chi connectivity index (χ4v) is 0.161. The third kappa shape index (κ3) is 5.19. The molecule has 0 rings (SSSR count). The second-order valence-electron chi connectivity index (χ2n) is 1.19. The summed E-state index contributed by atoms with van der Waals surface area (Å²) in [4.78, 5) is 3.66. The maximum Gasteiger partial charge on any atom is 0.0948 e. The summed E-state index contributed by atoms with van der Waals surface area (Å²) in [6.45, 7) is 1.76. The van der Waals surface area contributed by atoms with Gasteiger partial charge in [0.25, 0.3) is 0 Å². The Bertz CT molecular complexity index is 97.1. The highest BCUT2D eigenvalue weighted by atomic mass is 14.9. The minimum absolute atomic E-state index is 0.170. The molecule has 0 saturated heterocycles. The van der Waals surface area contributed by atoms with E-state index in [2.05, 4.69) is 10.9 Å². The van der Waals surface area contributed by atoms with Crippen molar-refractivity contribution in [3.63, 3.8) is 0 Å². The Kier molecular flexibility index (Phi) is 2.99. The zero-order valence-electron chi connectivity index (χ0n) is 4.26. The third-order valence-corrected chi connectivity index (χ3v) is 0.384. The van der Waals surface area contributed by atoms with E-state index in [9.17, 15) is 0 Å². The monoisotopic (exact) mass is 96.1 g/mol. The summed E-state index contributed by atoms with van der Waals surface area (Å²) >= 11 is 0. The van der Waals surface area contributed by atoms with Gasteiger partial charge in [-0.1, -0.05) is 5.92 Å².